The first-order valence-electron chi connectivity index (χ1n) is 6.08. The molecule has 0 aliphatic heterocycles. The number of rotatable bonds is 5. The van der Waals surface area contributed by atoms with Crippen molar-refractivity contribution in [3.8, 4) is 0 Å². The van der Waals surface area contributed by atoms with Crippen LogP contribution in [0.4, 0.5) is 5.82 Å². The van der Waals surface area contributed by atoms with Crippen molar-refractivity contribution in [2.24, 2.45) is 5.73 Å². The standard InChI is InChI=1S/C13H23N3/c1-5-10(3)16(6-2)13-8-7-12(9-15-13)11(4)14/h7-11H,5-6,14H2,1-4H3/t10?,11-/m1/s1. The SMILES string of the molecule is CCC(C)N(CC)c1ccc([C@@H](C)N)cn1. The van der Waals surface area contributed by atoms with E-state index in [0.717, 1.165) is 24.3 Å². The van der Waals surface area contributed by atoms with Gasteiger partial charge in [0, 0.05) is 24.8 Å². The zero-order chi connectivity index (χ0) is 12.1. The van der Waals surface area contributed by atoms with Gasteiger partial charge in [-0.05, 0) is 38.8 Å². The molecule has 3 nitrogen and oxygen atoms in total. The minimum Gasteiger partial charge on any atom is -0.354 e. The van der Waals surface area contributed by atoms with E-state index in [1.807, 2.05) is 13.1 Å². The van der Waals surface area contributed by atoms with Gasteiger partial charge < -0.3 is 10.6 Å². The van der Waals surface area contributed by atoms with Crippen LogP contribution in [0.5, 0.6) is 0 Å². The van der Waals surface area contributed by atoms with Gasteiger partial charge in [-0.25, -0.2) is 4.98 Å². The van der Waals surface area contributed by atoms with Crippen LogP contribution in [-0.2, 0) is 0 Å². The summed E-state index contributed by atoms with van der Waals surface area (Å²) in [5, 5.41) is 0. The summed E-state index contributed by atoms with van der Waals surface area (Å²) in [7, 11) is 0. The van der Waals surface area contributed by atoms with E-state index in [-0.39, 0.29) is 6.04 Å². The summed E-state index contributed by atoms with van der Waals surface area (Å²) in [5.74, 6) is 1.04. The first-order valence-corrected chi connectivity index (χ1v) is 6.08. The smallest absolute Gasteiger partial charge is 0.128 e. The van der Waals surface area contributed by atoms with Gasteiger partial charge in [0.15, 0.2) is 0 Å². The predicted octanol–water partition coefficient (Wildman–Crippen LogP) is 2.73. The molecule has 0 radical (unpaired) electrons. The summed E-state index contributed by atoms with van der Waals surface area (Å²) in [5.41, 5.74) is 6.89. The highest BCUT2D eigenvalue weighted by atomic mass is 15.2. The Balaban J connectivity index is 2.86. The van der Waals surface area contributed by atoms with Gasteiger partial charge in [0.05, 0.1) is 0 Å². The van der Waals surface area contributed by atoms with Crippen LogP contribution in [0.25, 0.3) is 0 Å². The number of nitrogens with zero attached hydrogens (tertiary/aromatic N) is 2. The molecule has 1 unspecified atom stereocenters. The van der Waals surface area contributed by atoms with Gasteiger partial charge in [-0.1, -0.05) is 13.0 Å². The number of aromatic nitrogens is 1. The molecule has 0 aliphatic rings. The van der Waals surface area contributed by atoms with Crippen LogP contribution in [-0.4, -0.2) is 17.6 Å². The van der Waals surface area contributed by atoms with Crippen molar-refractivity contribution in [2.45, 2.75) is 46.2 Å². The second-order valence-corrected chi connectivity index (χ2v) is 4.28. The Hall–Kier alpha value is -1.09. The number of anilines is 1. The van der Waals surface area contributed by atoms with Crippen LogP contribution in [0.15, 0.2) is 18.3 Å². The van der Waals surface area contributed by atoms with E-state index in [0.29, 0.717) is 6.04 Å². The molecular formula is C13H23N3. The first kappa shape index (κ1) is 13.0. The molecule has 2 N–H and O–H groups in total. The van der Waals surface area contributed by atoms with Crippen molar-refractivity contribution in [3.63, 3.8) is 0 Å². The van der Waals surface area contributed by atoms with Crippen molar-refractivity contribution in [1.82, 2.24) is 4.98 Å². The monoisotopic (exact) mass is 221 g/mol. The third-order valence-corrected chi connectivity index (χ3v) is 3.05. The lowest BCUT2D eigenvalue weighted by Crippen LogP contribution is -2.32. The van der Waals surface area contributed by atoms with E-state index in [2.05, 4.69) is 42.8 Å². The van der Waals surface area contributed by atoms with Gasteiger partial charge in [-0.2, -0.15) is 0 Å². The largest absolute Gasteiger partial charge is 0.354 e. The van der Waals surface area contributed by atoms with Crippen LogP contribution in [0, 0.1) is 0 Å². The fourth-order valence-electron chi connectivity index (χ4n) is 1.76. The van der Waals surface area contributed by atoms with E-state index in [4.69, 9.17) is 5.73 Å². The Labute approximate surface area is 98.7 Å². The third-order valence-electron chi connectivity index (χ3n) is 3.05. The molecule has 1 aromatic rings. The van der Waals surface area contributed by atoms with Gasteiger partial charge in [-0.15, -0.1) is 0 Å². The molecular weight excluding hydrogens is 198 g/mol. The van der Waals surface area contributed by atoms with E-state index >= 15 is 0 Å². The van der Waals surface area contributed by atoms with Crippen LogP contribution in [0.1, 0.15) is 45.7 Å². The Morgan fingerprint density at radius 3 is 2.38 bits per heavy atom. The molecule has 0 amide bonds. The molecule has 0 saturated heterocycles. The average Bonchev–Trinajstić information content (AvgIpc) is 2.30. The Bertz CT molecular complexity index is 305. The van der Waals surface area contributed by atoms with E-state index in [1.54, 1.807) is 0 Å². The zero-order valence-corrected chi connectivity index (χ0v) is 10.8. The van der Waals surface area contributed by atoms with Crippen LogP contribution < -0.4 is 10.6 Å². The lowest BCUT2D eigenvalue weighted by Gasteiger charge is -2.28. The van der Waals surface area contributed by atoms with Crippen molar-refractivity contribution in [2.75, 3.05) is 11.4 Å². The molecule has 0 bridgehead atoms. The summed E-state index contributed by atoms with van der Waals surface area (Å²) in [6, 6.07) is 4.71. The fraction of sp³-hybridized carbons (Fsp3) is 0.615. The third kappa shape index (κ3) is 2.95. The van der Waals surface area contributed by atoms with Crippen LogP contribution in [0.2, 0.25) is 0 Å². The maximum atomic E-state index is 5.80. The van der Waals surface area contributed by atoms with Gasteiger partial charge in [-0.3, -0.25) is 0 Å². The highest BCUT2D eigenvalue weighted by Crippen LogP contribution is 2.17. The topological polar surface area (TPSA) is 42.1 Å². The fourth-order valence-corrected chi connectivity index (χ4v) is 1.76. The predicted molar refractivity (Wildman–Crippen MR) is 69.6 cm³/mol. The number of pyridine rings is 1. The lowest BCUT2D eigenvalue weighted by atomic mass is 10.1. The normalized spacial score (nSPS) is 14.6. The van der Waals surface area contributed by atoms with Crippen molar-refractivity contribution < 1.29 is 0 Å². The molecule has 0 aromatic carbocycles. The van der Waals surface area contributed by atoms with Gasteiger partial charge in [0.25, 0.3) is 0 Å². The van der Waals surface area contributed by atoms with Crippen LogP contribution >= 0.6 is 0 Å². The highest BCUT2D eigenvalue weighted by Gasteiger charge is 2.12. The highest BCUT2D eigenvalue weighted by molar-refractivity contribution is 5.40. The average molecular weight is 221 g/mol. The molecule has 1 heterocycles. The molecule has 3 heteroatoms. The van der Waals surface area contributed by atoms with Gasteiger partial charge in [0.1, 0.15) is 5.82 Å². The quantitative estimate of drug-likeness (QED) is 0.831. The maximum Gasteiger partial charge on any atom is 0.128 e. The van der Waals surface area contributed by atoms with E-state index in [9.17, 15) is 0 Å². The summed E-state index contributed by atoms with van der Waals surface area (Å²) in [6.45, 7) is 9.55. The second-order valence-electron chi connectivity index (χ2n) is 4.28. The van der Waals surface area contributed by atoms with Crippen molar-refractivity contribution in [3.05, 3.63) is 23.9 Å². The zero-order valence-electron chi connectivity index (χ0n) is 10.8. The molecule has 0 spiro atoms. The van der Waals surface area contributed by atoms with Crippen molar-refractivity contribution in [1.29, 1.82) is 0 Å². The molecule has 16 heavy (non-hydrogen) atoms. The number of hydrogen-bond donors (Lipinski definition) is 1. The molecule has 1 aromatic heterocycles. The van der Waals surface area contributed by atoms with E-state index < -0.39 is 0 Å². The van der Waals surface area contributed by atoms with Crippen LogP contribution in [0.3, 0.4) is 0 Å². The molecule has 2 atom stereocenters. The minimum atomic E-state index is 0.0558. The van der Waals surface area contributed by atoms with E-state index in [1.165, 1.54) is 0 Å². The van der Waals surface area contributed by atoms with Gasteiger partial charge >= 0.3 is 0 Å². The first-order chi connectivity index (χ1) is 7.60. The summed E-state index contributed by atoms with van der Waals surface area (Å²) >= 11 is 0. The molecule has 0 saturated carbocycles. The minimum absolute atomic E-state index is 0.0558. The maximum absolute atomic E-state index is 5.80. The Morgan fingerprint density at radius 1 is 1.31 bits per heavy atom. The molecule has 90 valence electrons. The van der Waals surface area contributed by atoms with Gasteiger partial charge in [0.2, 0.25) is 0 Å². The summed E-state index contributed by atoms with van der Waals surface area (Å²) in [6.07, 6.45) is 3.01. The molecule has 1 rings (SSSR count). The number of nitrogens with two attached hydrogens (primary N) is 1. The Morgan fingerprint density at radius 2 is 2.00 bits per heavy atom. The summed E-state index contributed by atoms with van der Waals surface area (Å²) in [4.78, 5) is 6.80. The second kappa shape index (κ2) is 5.85. The molecule has 0 aliphatic carbocycles. The molecule has 0 fully saturated rings. The lowest BCUT2D eigenvalue weighted by molar-refractivity contribution is 0.622. The van der Waals surface area contributed by atoms with Crippen molar-refractivity contribution >= 4 is 5.82 Å². The Kier molecular flexibility index (Phi) is 4.74. The summed E-state index contributed by atoms with van der Waals surface area (Å²) < 4.78 is 0. The number of hydrogen-bond acceptors (Lipinski definition) is 3.